The van der Waals surface area contributed by atoms with Crippen LogP contribution in [0.15, 0.2) is 30.6 Å². The lowest BCUT2D eigenvalue weighted by molar-refractivity contribution is 0.290. The number of halogens is 1. The van der Waals surface area contributed by atoms with Gasteiger partial charge >= 0.3 is 0 Å². The maximum absolute atomic E-state index is 5.95. The van der Waals surface area contributed by atoms with E-state index in [9.17, 15) is 0 Å². The first kappa shape index (κ1) is 14.6. The number of hydrogen-bond donors (Lipinski definition) is 2. The number of nitrogens with two attached hydrogens (primary N) is 1. The molecule has 1 aromatic carbocycles. The third-order valence-electron chi connectivity index (χ3n) is 2.81. The van der Waals surface area contributed by atoms with Crippen molar-refractivity contribution in [2.45, 2.75) is 26.4 Å². The van der Waals surface area contributed by atoms with Crippen molar-refractivity contribution in [3.8, 4) is 5.88 Å². The molecule has 0 aliphatic heterocycles. The fraction of sp³-hybridized carbons (Fsp3) is 0.286. The van der Waals surface area contributed by atoms with E-state index in [1.807, 2.05) is 24.3 Å². The van der Waals surface area contributed by atoms with Crippen molar-refractivity contribution < 1.29 is 4.74 Å². The quantitative estimate of drug-likeness (QED) is 0.632. The number of nitrogen functional groups attached to an aromatic ring is 1. The Morgan fingerprint density at radius 3 is 2.90 bits per heavy atom. The number of aromatic nitrogens is 2. The van der Waals surface area contributed by atoms with Crippen LogP contribution in [0.3, 0.4) is 0 Å². The molecular weight excluding hydrogens is 276 g/mol. The molecule has 2 rings (SSSR count). The zero-order valence-electron chi connectivity index (χ0n) is 11.3. The average molecular weight is 293 g/mol. The van der Waals surface area contributed by atoms with Gasteiger partial charge in [-0.3, -0.25) is 0 Å². The van der Waals surface area contributed by atoms with Crippen LogP contribution in [0.2, 0.25) is 5.02 Å². The Kier molecular flexibility index (Phi) is 5.15. The van der Waals surface area contributed by atoms with Crippen molar-refractivity contribution >= 4 is 17.4 Å². The summed E-state index contributed by atoms with van der Waals surface area (Å²) < 4.78 is 5.77. The lowest BCUT2D eigenvalue weighted by Crippen LogP contribution is -2.13. The van der Waals surface area contributed by atoms with Crippen LogP contribution >= 0.6 is 11.6 Å². The third kappa shape index (κ3) is 3.59. The predicted octanol–water partition coefficient (Wildman–Crippen LogP) is 2.95. The first-order valence-corrected chi connectivity index (χ1v) is 6.80. The van der Waals surface area contributed by atoms with Crippen LogP contribution in [-0.4, -0.2) is 9.97 Å². The van der Waals surface area contributed by atoms with Crippen molar-refractivity contribution in [2.75, 3.05) is 5.43 Å². The van der Waals surface area contributed by atoms with Gasteiger partial charge in [-0.2, -0.15) is 0 Å². The highest BCUT2D eigenvalue weighted by molar-refractivity contribution is 6.30. The molecule has 5 nitrogen and oxygen atoms in total. The van der Waals surface area contributed by atoms with Crippen molar-refractivity contribution in [1.29, 1.82) is 0 Å². The molecule has 0 unspecified atom stereocenters. The van der Waals surface area contributed by atoms with E-state index in [-0.39, 0.29) is 0 Å². The fourth-order valence-electron chi connectivity index (χ4n) is 1.90. The van der Waals surface area contributed by atoms with Crippen LogP contribution in [-0.2, 0) is 13.0 Å². The van der Waals surface area contributed by atoms with E-state index in [1.165, 1.54) is 6.33 Å². The first-order valence-electron chi connectivity index (χ1n) is 6.42. The average Bonchev–Trinajstić information content (AvgIpc) is 2.46. The van der Waals surface area contributed by atoms with E-state index in [4.69, 9.17) is 22.2 Å². The van der Waals surface area contributed by atoms with Crippen LogP contribution in [0, 0.1) is 0 Å². The van der Waals surface area contributed by atoms with Gasteiger partial charge in [-0.1, -0.05) is 37.1 Å². The summed E-state index contributed by atoms with van der Waals surface area (Å²) in [4.78, 5) is 8.28. The summed E-state index contributed by atoms with van der Waals surface area (Å²) in [5.41, 5.74) is 4.45. The van der Waals surface area contributed by atoms with Crippen LogP contribution in [0.1, 0.15) is 24.5 Å². The van der Waals surface area contributed by atoms with Gasteiger partial charge in [0.2, 0.25) is 5.88 Å². The molecular formula is C14H17ClN4O. The molecule has 0 saturated heterocycles. The molecule has 106 valence electrons. The Labute approximate surface area is 123 Å². The molecule has 6 heteroatoms. The van der Waals surface area contributed by atoms with Crippen molar-refractivity contribution in [3.63, 3.8) is 0 Å². The Hall–Kier alpha value is -1.85. The maximum Gasteiger partial charge on any atom is 0.222 e. The van der Waals surface area contributed by atoms with E-state index >= 15 is 0 Å². The van der Waals surface area contributed by atoms with Crippen LogP contribution in [0.4, 0.5) is 5.82 Å². The molecule has 1 heterocycles. The molecule has 0 amide bonds. The van der Waals surface area contributed by atoms with Gasteiger partial charge in [0.15, 0.2) is 0 Å². The molecule has 1 aromatic heterocycles. The maximum atomic E-state index is 5.95. The summed E-state index contributed by atoms with van der Waals surface area (Å²) >= 11 is 5.95. The van der Waals surface area contributed by atoms with E-state index in [0.29, 0.717) is 23.3 Å². The number of rotatable bonds is 6. The molecule has 0 spiro atoms. The molecule has 0 aliphatic rings. The Balaban J connectivity index is 2.16. The minimum atomic E-state index is 0.401. The number of ether oxygens (including phenoxy) is 1. The molecule has 0 radical (unpaired) electrons. The van der Waals surface area contributed by atoms with Crippen LogP contribution in [0.5, 0.6) is 5.88 Å². The summed E-state index contributed by atoms with van der Waals surface area (Å²) in [6, 6.07) is 7.54. The molecule has 0 fully saturated rings. The highest BCUT2D eigenvalue weighted by Crippen LogP contribution is 2.24. The van der Waals surface area contributed by atoms with Gasteiger partial charge in [-0.05, 0) is 24.1 Å². The van der Waals surface area contributed by atoms with Gasteiger partial charge < -0.3 is 10.2 Å². The van der Waals surface area contributed by atoms with E-state index < -0.39 is 0 Å². The first-order chi connectivity index (χ1) is 9.74. The largest absolute Gasteiger partial charge is 0.472 e. The van der Waals surface area contributed by atoms with E-state index in [1.54, 1.807) is 0 Å². The van der Waals surface area contributed by atoms with Gasteiger partial charge in [-0.15, -0.1) is 0 Å². The van der Waals surface area contributed by atoms with Crippen molar-refractivity contribution in [1.82, 2.24) is 9.97 Å². The normalized spacial score (nSPS) is 10.3. The SMILES string of the molecule is CCCc1c(NN)ncnc1OCc1cccc(Cl)c1. The number of hydrazine groups is 1. The minimum absolute atomic E-state index is 0.401. The van der Waals surface area contributed by atoms with Gasteiger partial charge in [-0.25, -0.2) is 15.8 Å². The third-order valence-corrected chi connectivity index (χ3v) is 3.04. The summed E-state index contributed by atoms with van der Waals surface area (Å²) in [5, 5.41) is 0.687. The minimum Gasteiger partial charge on any atom is -0.472 e. The second-order valence-electron chi connectivity index (χ2n) is 4.32. The Morgan fingerprint density at radius 1 is 1.35 bits per heavy atom. The molecule has 3 N–H and O–H groups in total. The molecule has 0 aliphatic carbocycles. The summed E-state index contributed by atoms with van der Waals surface area (Å²) in [6.45, 7) is 2.48. The highest BCUT2D eigenvalue weighted by Gasteiger charge is 2.11. The van der Waals surface area contributed by atoms with Crippen LogP contribution < -0.4 is 16.0 Å². The number of benzene rings is 1. The highest BCUT2D eigenvalue weighted by atomic mass is 35.5. The van der Waals surface area contributed by atoms with Crippen LogP contribution in [0.25, 0.3) is 0 Å². The summed E-state index contributed by atoms with van der Waals surface area (Å²) in [7, 11) is 0. The standard InChI is InChI=1S/C14H17ClN4O/c1-2-4-12-13(19-16)17-9-18-14(12)20-8-10-5-3-6-11(15)7-10/h3,5-7,9H,2,4,8,16H2,1H3,(H,17,18,19). The topological polar surface area (TPSA) is 73.1 Å². The Morgan fingerprint density at radius 2 is 2.20 bits per heavy atom. The number of nitrogens with zero attached hydrogens (tertiary/aromatic N) is 2. The molecule has 2 aromatic rings. The van der Waals surface area contributed by atoms with Gasteiger partial charge in [0.25, 0.3) is 0 Å². The number of hydrogen-bond acceptors (Lipinski definition) is 5. The molecule has 20 heavy (non-hydrogen) atoms. The lowest BCUT2D eigenvalue weighted by atomic mass is 10.2. The van der Waals surface area contributed by atoms with Gasteiger partial charge in [0.05, 0.1) is 5.56 Å². The van der Waals surface area contributed by atoms with Crippen molar-refractivity contribution in [3.05, 3.63) is 46.7 Å². The smallest absolute Gasteiger partial charge is 0.222 e. The number of anilines is 1. The Bertz CT molecular complexity index is 577. The van der Waals surface area contributed by atoms with E-state index in [0.717, 1.165) is 24.0 Å². The zero-order valence-corrected chi connectivity index (χ0v) is 12.0. The molecule has 0 atom stereocenters. The van der Waals surface area contributed by atoms with Gasteiger partial charge in [0.1, 0.15) is 18.8 Å². The second-order valence-corrected chi connectivity index (χ2v) is 4.76. The van der Waals surface area contributed by atoms with Crippen molar-refractivity contribution in [2.24, 2.45) is 5.84 Å². The molecule has 0 saturated carbocycles. The summed E-state index contributed by atoms with van der Waals surface area (Å²) in [5.74, 6) is 6.61. The second kappa shape index (κ2) is 7.07. The monoisotopic (exact) mass is 292 g/mol. The molecule has 0 bridgehead atoms. The van der Waals surface area contributed by atoms with E-state index in [2.05, 4.69) is 22.3 Å². The number of nitrogens with one attached hydrogen (secondary N) is 1. The van der Waals surface area contributed by atoms with Gasteiger partial charge in [0, 0.05) is 5.02 Å². The lowest BCUT2D eigenvalue weighted by Gasteiger charge is -2.12. The predicted molar refractivity (Wildman–Crippen MR) is 79.6 cm³/mol. The fourth-order valence-corrected chi connectivity index (χ4v) is 2.11. The summed E-state index contributed by atoms with van der Waals surface area (Å²) in [6.07, 6.45) is 3.18. The zero-order chi connectivity index (χ0) is 14.4.